The van der Waals surface area contributed by atoms with Crippen molar-refractivity contribution in [2.24, 2.45) is 17.8 Å². The van der Waals surface area contributed by atoms with Gasteiger partial charge in [0.05, 0.1) is 25.1 Å². The lowest BCUT2D eigenvalue weighted by molar-refractivity contribution is -0.335. The molecule has 0 amide bonds. The number of furan rings is 1. The number of esters is 1. The Bertz CT molecular complexity index is 1330. The fraction of sp³-hybridized carbons (Fsp3) is 0.639. The monoisotopic (exact) mass is 608 g/mol. The van der Waals surface area contributed by atoms with Gasteiger partial charge in [-0.1, -0.05) is 56.7 Å². The zero-order valence-corrected chi connectivity index (χ0v) is 26.6. The molecule has 8 heteroatoms. The minimum Gasteiger partial charge on any atom is -0.469 e. The van der Waals surface area contributed by atoms with E-state index in [4.69, 9.17) is 23.4 Å². The second-order valence-electron chi connectivity index (χ2n) is 13.7. The summed E-state index contributed by atoms with van der Waals surface area (Å²) in [5.74, 6) is -1.00. The molecule has 0 saturated carbocycles. The Hall–Kier alpha value is -2.49. The van der Waals surface area contributed by atoms with Crippen LogP contribution in [0.3, 0.4) is 0 Å². The molecule has 6 rings (SSSR count). The molecule has 0 aromatic carbocycles. The van der Waals surface area contributed by atoms with Crippen molar-refractivity contribution in [3.8, 4) is 0 Å². The van der Waals surface area contributed by atoms with Crippen molar-refractivity contribution in [2.45, 2.75) is 121 Å². The van der Waals surface area contributed by atoms with Gasteiger partial charge in [0.15, 0.2) is 5.79 Å². The number of allylic oxidation sites excluding steroid dienone is 4. The average molecular weight is 609 g/mol. The van der Waals surface area contributed by atoms with Crippen molar-refractivity contribution >= 4 is 5.97 Å². The van der Waals surface area contributed by atoms with E-state index in [-0.39, 0.29) is 30.7 Å². The highest BCUT2D eigenvalue weighted by atomic mass is 16.7. The van der Waals surface area contributed by atoms with Crippen molar-refractivity contribution in [1.29, 1.82) is 0 Å². The number of aliphatic hydroxyl groups is 2. The summed E-state index contributed by atoms with van der Waals surface area (Å²) in [4.78, 5) is 14.0. The van der Waals surface area contributed by atoms with E-state index in [0.29, 0.717) is 36.3 Å². The maximum atomic E-state index is 14.0. The fourth-order valence-corrected chi connectivity index (χ4v) is 8.14. The number of carbonyl (C=O) groups excluding carboxylic acids is 1. The summed E-state index contributed by atoms with van der Waals surface area (Å²) in [6, 6.07) is 3.92. The minimum absolute atomic E-state index is 0.000445. The molecular weight excluding hydrogens is 560 g/mol. The van der Waals surface area contributed by atoms with Crippen LogP contribution in [0.1, 0.15) is 84.8 Å². The Morgan fingerprint density at radius 1 is 1.11 bits per heavy atom. The van der Waals surface area contributed by atoms with Crippen LogP contribution in [0, 0.1) is 17.8 Å². The van der Waals surface area contributed by atoms with Gasteiger partial charge in [0.1, 0.15) is 35.6 Å². The molecule has 1 spiro atoms. The molecule has 1 aromatic heterocycles. The molecule has 1 aromatic rings. The number of hydrogen-bond acceptors (Lipinski definition) is 8. The summed E-state index contributed by atoms with van der Waals surface area (Å²) < 4.78 is 31.6. The molecular formula is C36H48O8. The van der Waals surface area contributed by atoms with Crippen molar-refractivity contribution < 1.29 is 38.4 Å². The fourth-order valence-electron chi connectivity index (χ4n) is 8.14. The molecule has 2 N–H and O–H groups in total. The minimum atomic E-state index is -1.73. The Morgan fingerprint density at radius 3 is 2.68 bits per heavy atom. The number of rotatable bonds is 2. The van der Waals surface area contributed by atoms with Gasteiger partial charge in [-0.3, -0.25) is 4.79 Å². The molecule has 0 radical (unpaired) electrons. The van der Waals surface area contributed by atoms with E-state index in [0.717, 1.165) is 30.6 Å². The van der Waals surface area contributed by atoms with E-state index in [2.05, 4.69) is 39.8 Å². The summed E-state index contributed by atoms with van der Waals surface area (Å²) in [6.07, 6.45) is 13.0. The third kappa shape index (κ3) is 5.69. The maximum Gasteiger partial charge on any atom is 0.316 e. The molecule has 1 unspecified atom stereocenters. The molecule has 5 aliphatic rings. The first kappa shape index (κ1) is 31.5. The summed E-state index contributed by atoms with van der Waals surface area (Å²) in [5, 5.41) is 23.2. The largest absolute Gasteiger partial charge is 0.469 e. The van der Waals surface area contributed by atoms with Crippen LogP contribution in [-0.4, -0.2) is 64.7 Å². The first-order chi connectivity index (χ1) is 21.0. The summed E-state index contributed by atoms with van der Waals surface area (Å²) >= 11 is 0. The molecule has 2 bridgehead atoms. The number of carbonyl (C=O) groups is 1. The molecule has 4 aliphatic heterocycles. The molecule has 3 fully saturated rings. The van der Waals surface area contributed by atoms with Gasteiger partial charge in [-0.05, 0) is 68.2 Å². The van der Waals surface area contributed by atoms with Gasteiger partial charge in [-0.15, -0.1) is 0 Å². The summed E-state index contributed by atoms with van der Waals surface area (Å²) in [6.45, 7) is 10.5. The van der Waals surface area contributed by atoms with Crippen LogP contribution >= 0.6 is 0 Å². The zero-order valence-electron chi connectivity index (χ0n) is 26.6. The van der Waals surface area contributed by atoms with E-state index in [1.165, 1.54) is 0 Å². The Kier molecular flexibility index (Phi) is 8.85. The van der Waals surface area contributed by atoms with Gasteiger partial charge >= 0.3 is 5.97 Å². The standard InChI is InChI=1S/C36H48O8/c1-6-29-21(2)14-15-35(44-29)19-27-18-26(43-35)13-12-23(4)31(30-11-8-16-40-30)22(3)9-7-10-25-20-41-33-32(37)24(5)17-28(34(38)42-27)36(25,33)39/h7-12,16-17,21-22,26-29,31-33,37,39H,6,13-15,18-20H2,1-5H3/b9-7+,23-12+,25-10+/t21-,22-,26+,27-,28-,29+,31?,32+,33+,35+,36+/m0/s1. The second-order valence-corrected chi connectivity index (χ2v) is 13.7. The van der Waals surface area contributed by atoms with E-state index >= 15 is 0 Å². The first-order valence-electron chi connectivity index (χ1n) is 16.4. The summed E-state index contributed by atoms with van der Waals surface area (Å²) in [7, 11) is 0. The lowest BCUT2D eigenvalue weighted by Gasteiger charge is -2.50. The van der Waals surface area contributed by atoms with Crippen molar-refractivity contribution in [2.75, 3.05) is 6.61 Å². The first-order valence-corrected chi connectivity index (χ1v) is 16.4. The quantitative estimate of drug-likeness (QED) is 0.315. The predicted molar refractivity (Wildman–Crippen MR) is 164 cm³/mol. The second kappa shape index (κ2) is 12.4. The molecule has 240 valence electrons. The zero-order chi connectivity index (χ0) is 31.2. The highest BCUT2D eigenvalue weighted by Gasteiger charge is 2.60. The van der Waals surface area contributed by atoms with Gasteiger partial charge in [0.2, 0.25) is 0 Å². The topological polar surface area (TPSA) is 108 Å². The molecule has 3 saturated heterocycles. The van der Waals surface area contributed by atoms with Crippen molar-refractivity contribution in [1.82, 2.24) is 0 Å². The van der Waals surface area contributed by atoms with Gasteiger partial charge in [0.25, 0.3) is 0 Å². The van der Waals surface area contributed by atoms with E-state index in [1.54, 1.807) is 19.3 Å². The molecule has 11 atom stereocenters. The predicted octanol–water partition coefficient (Wildman–Crippen LogP) is 5.91. The Balaban J connectivity index is 1.41. The molecule has 44 heavy (non-hydrogen) atoms. The van der Waals surface area contributed by atoms with Gasteiger partial charge in [-0.2, -0.15) is 0 Å². The third-order valence-electron chi connectivity index (χ3n) is 10.7. The molecule has 1 aliphatic carbocycles. The SMILES string of the molecule is CC[C@H]1O[C@]2(CC[C@@H]1C)C[C@@H]1C[C@@H](C/C=C(\C)C(c3ccco3)[C@@H](C)/C=C/C=C3\CO[C@@H]4[C@H](O)C(C)=C[C@@H](C(=O)O1)[C@]34O)O2. The van der Waals surface area contributed by atoms with E-state index in [9.17, 15) is 15.0 Å². The highest BCUT2D eigenvalue weighted by molar-refractivity contribution is 5.78. The van der Waals surface area contributed by atoms with Crippen LogP contribution in [0.5, 0.6) is 0 Å². The lowest BCUT2D eigenvalue weighted by Crippen LogP contribution is -2.58. The number of hydrogen-bond donors (Lipinski definition) is 2. The highest BCUT2D eigenvalue weighted by Crippen LogP contribution is 2.47. The van der Waals surface area contributed by atoms with Crippen molar-refractivity contribution in [3.05, 3.63) is 71.3 Å². The van der Waals surface area contributed by atoms with E-state index in [1.807, 2.05) is 24.3 Å². The molecule has 5 heterocycles. The van der Waals surface area contributed by atoms with Crippen LogP contribution in [0.4, 0.5) is 0 Å². The number of fused-ring (bicyclic) bond motifs is 2. The van der Waals surface area contributed by atoms with Crippen LogP contribution < -0.4 is 0 Å². The van der Waals surface area contributed by atoms with Crippen LogP contribution in [0.25, 0.3) is 0 Å². The van der Waals surface area contributed by atoms with Gasteiger partial charge < -0.3 is 33.6 Å². The van der Waals surface area contributed by atoms with Crippen LogP contribution in [-0.2, 0) is 23.7 Å². The summed E-state index contributed by atoms with van der Waals surface area (Å²) in [5.41, 5.74) is 0.557. The lowest BCUT2D eigenvalue weighted by atomic mass is 9.71. The third-order valence-corrected chi connectivity index (χ3v) is 10.7. The molecule has 8 nitrogen and oxygen atoms in total. The Labute approximate surface area is 260 Å². The van der Waals surface area contributed by atoms with E-state index < -0.39 is 41.6 Å². The average Bonchev–Trinajstić information content (AvgIpc) is 3.63. The number of ether oxygens (including phenoxy) is 4. The van der Waals surface area contributed by atoms with Crippen LogP contribution in [0.15, 0.2) is 69.9 Å². The number of aliphatic hydroxyl groups excluding tert-OH is 1. The van der Waals surface area contributed by atoms with Gasteiger partial charge in [0, 0.05) is 25.2 Å². The maximum absolute atomic E-state index is 14.0. The Morgan fingerprint density at radius 2 is 1.93 bits per heavy atom. The normalized spacial score (nSPS) is 46.2. The van der Waals surface area contributed by atoms with Crippen molar-refractivity contribution in [3.63, 3.8) is 0 Å². The van der Waals surface area contributed by atoms with Gasteiger partial charge in [-0.25, -0.2) is 0 Å². The van der Waals surface area contributed by atoms with Crippen LogP contribution in [0.2, 0.25) is 0 Å². The smallest absolute Gasteiger partial charge is 0.316 e.